The molecule has 0 unspecified atom stereocenters. The van der Waals surface area contributed by atoms with Crippen LogP contribution in [-0.2, 0) is 5.92 Å². The highest BCUT2D eigenvalue weighted by Gasteiger charge is 2.39. The molecule has 16 heavy (non-hydrogen) atoms. The second-order valence-electron chi connectivity index (χ2n) is 3.21. The Morgan fingerprint density at radius 2 is 1.56 bits per heavy atom. The van der Waals surface area contributed by atoms with E-state index in [0.29, 0.717) is 0 Å². The average molecular weight is 241 g/mol. The van der Waals surface area contributed by atoms with Crippen molar-refractivity contribution in [2.75, 3.05) is 0 Å². The van der Waals surface area contributed by atoms with Crippen molar-refractivity contribution in [3.63, 3.8) is 0 Å². The van der Waals surface area contributed by atoms with E-state index in [0.717, 1.165) is 6.07 Å². The second-order valence-corrected chi connectivity index (χ2v) is 3.21. The quantitative estimate of drug-likeness (QED) is 0.427. The summed E-state index contributed by atoms with van der Waals surface area (Å²) in [6, 6.07) is 1.08. The minimum absolute atomic E-state index is 0.0646. The molecule has 0 aliphatic rings. The summed E-state index contributed by atoms with van der Waals surface area (Å²) in [5, 5.41) is 0. The molecule has 0 aromatic heterocycles. The first kappa shape index (κ1) is 12.9. The van der Waals surface area contributed by atoms with Crippen molar-refractivity contribution < 1.29 is 26.3 Å². The highest BCUT2D eigenvalue weighted by molar-refractivity contribution is 5.25. The number of rotatable bonds is 3. The van der Waals surface area contributed by atoms with Crippen molar-refractivity contribution in [1.29, 1.82) is 0 Å². The third-order valence-electron chi connectivity index (χ3n) is 1.97. The van der Waals surface area contributed by atoms with Crippen LogP contribution in [0.4, 0.5) is 26.3 Å². The zero-order valence-corrected chi connectivity index (χ0v) is 8.18. The molecule has 1 aromatic rings. The number of benzene rings is 1. The van der Waals surface area contributed by atoms with Crippen LogP contribution in [0.3, 0.4) is 0 Å². The number of hydrogen-bond acceptors (Lipinski definition) is 0. The van der Waals surface area contributed by atoms with Gasteiger partial charge in [-0.05, 0) is 0 Å². The Labute approximate surface area is 87.9 Å². The molecule has 1 radical (unpaired) electrons. The summed E-state index contributed by atoms with van der Waals surface area (Å²) < 4.78 is 77.4. The monoisotopic (exact) mass is 241 g/mol. The summed E-state index contributed by atoms with van der Waals surface area (Å²) in [7, 11) is 0. The van der Waals surface area contributed by atoms with E-state index < -0.39 is 41.2 Å². The van der Waals surface area contributed by atoms with Crippen molar-refractivity contribution in [2.45, 2.75) is 25.7 Å². The van der Waals surface area contributed by atoms with Crippen molar-refractivity contribution in [3.05, 3.63) is 34.9 Å². The van der Waals surface area contributed by atoms with E-state index in [9.17, 15) is 26.3 Å². The zero-order chi connectivity index (χ0) is 12.5. The molecule has 0 bridgehead atoms. The lowest BCUT2D eigenvalue weighted by atomic mass is 10.0. The van der Waals surface area contributed by atoms with Crippen LogP contribution in [0.1, 0.15) is 25.3 Å². The van der Waals surface area contributed by atoms with Gasteiger partial charge in [0, 0.05) is 6.42 Å². The molecule has 0 amide bonds. The summed E-state index contributed by atoms with van der Waals surface area (Å²) in [6.45, 7) is 1.37. The van der Waals surface area contributed by atoms with Gasteiger partial charge in [-0.15, -0.1) is 0 Å². The smallest absolute Gasteiger partial charge is 0.206 e. The molecule has 0 saturated carbocycles. The largest absolute Gasteiger partial charge is 0.279 e. The SMILES string of the molecule is CCCC(F)(F)c1c(F)[c]c(F)c(F)c1F. The molecule has 0 heterocycles. The molecule has 89 valence electrons. The molecule has 0 saturated heterocycles. The van der Waals surface area contributed by atoms with E-state index in [1.807, 2.05) is 0 Å². The van der Waals surface area contributed by atoms with Gasteiger partial charge in [-0.2, -0.15) is 0 Å². The van der Waals surface area contributed by atoms with Gasteiger partial charge in [0.2, 0.25) is 0 Å². The standard InChI is InChI=1S/C10H7F6/c1-2-3-10(15,16)7-5(11)4-6(12)8(13)9(7)14/h2-3H2,1H3. The Morgan fingerprint density at radius 3 is 2.06 bits per heavy atom. The van der Waals surface area contributed by atoms with Crippen LogP contribution in [0.5, 0.6) is 0 Å². The molecule has 6 heteroatoms. The zero-order valence-electron chi connectivity index (χ0n) is 8.18. The number of halogens is 6. The van der Waals surface area contributed by atoms with Crippen LogP contribution in [-0.4, -0.2) is 0 Å². The minimum atomic E-state index is -3.88. The normalized spacial score (nSPS) is 11.9. The van der Waals surface area contributed by atoms with Gasteiger partial charge in [-0.1, -0.05) is 13.3 Å². The molecule has 1 aromatic carbocycles. The van der Waals surface area contributed by atoms with E-state index in [4.69, 9.17) is 0 Å². The summed E-state index contributed by atoms with van der Waals surface area (Å²) in [6.07, 6.45) is -0.926. The fourth-order valence-corrected chi connectivity index (χ4v) is 1.28. The third-order valence-corrected chi connectivity index (χ3v) is 1.97. The summed E-state index contributed by atoms with van der Waals surface area (Å²) in [4.78, 5) is 0. The van der Waals surface area contributed by atoms with Crippen LogP contribution < -0.4 is 0 Å². The lowest BCUT2D eigenvalue weighted by Gasteiger charge is -2.17. The maximum absolute atomic E-state index is 13.2. The van der Waals surface area contributed by atoms with Crippen LogP contribution in [0.2, 0.25) is 0 Å². The highest BCUT2D eigenvalue weighted by Crippen LogP contribution is 2.37. The molecular formula is C10H7F6. The molecular weight excluding hydrogens is 234 g/mol. The van der Waals surface area contributed by atoms with E-state index in [2.05, 4.69) is 0 Å². The number of hydrogen-bond donors (Lipinski definition) is 0. The Bertz CT molecular complexity index is 399. The maximum atomic E-state index is 13.2. The van der Waals surface area contributed by atoms with Gasteiger partial charge in [0.25, 0.3) is 5.92 Å². The molecule has 1 rings (SSSR count). The van der Waals surface area contributed by atoms with Crippen molar-refractivity contribution in [1.82, 2.24) is 0 Å². The summed E-state index contributed by atoms with van der Waals surface area (Å²) >= 11 is 0. The first-order chi connectivity index (χ1) is 7.31. The Balaban J connectivity index is 3.39. The summed E-state index contributed by atoms with van der Waals surface area (Å²) in [5.41, 5.74) is -1.77. The van der Waals surface area contributed by atoms with Crippen LogP contribution >= 0.6 is 0 Å². The average Bonchev–Trinajstić information content (AvgIpc) is 2.13. The highest BCUT2D eigenvalue weighted by atomic mass is 19.3. The topological polar surface area (TPSA) is 0 Å². The van der Waals surface area contributed by atoms with Gasteiger partial charge in [-0.3, -0.25) is 0 Å². The molecule has 0 spiro atoms. The molecule has 0 aliphatic carbocycles. The second kappa shape index (κ2) is 4.35. The Hall–Kier alpha value is -1.20. The molecule has 0 aliphatic heterocycles. The van der Waals surface area contributed by atoms with E-state index in [1.54, 1.807) is 0 Å². The molecule has 0 atom stereocenters. The Kier molecular flexibility index (Phi) is 3.50. The van der Waals surface area contributed by atoms with Crippen LogP contribution in [0, 0.1) is 29.3 Å². The lowest BCUT2D eigenvalue weighted by Crippen LogP contribution is -2.19. The van der Waals surface area contributed by atoms with Gasteiger partial charge in [0.15, 0.2) is 17.5 Å². The summed E-state index contributed by atoms with van der Waals surface area (Å²) in [5.74, 6) is -12.1. The van der Waals surface area contributed by atoms with Crippen molar-refractivity contribution >= 4 is 0 Å². The maximum Gasteiger partial charge on any atom is 0.279 e. The lowest BCUT2D eigenvalue weighted by molar-refractivity contribution is -0.0217. The van der Waals surface area contributed by atoms with E-state index in [-0.39, 0.29) is 6.42 Å². The van der Waals surface area contributed by atoms with Crippen LogP contribution in [0.15, 0.2) is 0 Å². The van der Waals surface area contributed by atoms with Crippen molar-refractivity contribution in [3.8, 4) is 0 Å². The first-order valence-electron chi connectivity index (χ1n) is 4.44. The minimum Gasteiger partial charge on any atom is -0.206 e. The van der Waals surface area contributed by atoms with Gasteiger partial charge in [-0.25, -0.2) is 26.3 Å². The Morgan fingerprint density at radius 1 is 1.00 bits per heavy atom. The molecule has 0 N–H and O–H groups in total. The van der Waals surface area contributed by atoms with E-state index in [1.165, 1.54) is 6.92 Å². The van der Waals surface area contributed by atoms with Crippen LogP contribution in [0.25, 0.3) is 0 Å². The molecule has 0 nitrogen and oxygen atoms in total. The predicted octanol–water partition coefficient (Wildman–Crippen LogP) is 3.94. The number of alkyl halides is 2. The fraction of sp³-hybridized carbons (Fsp3) is 0.400. The van der Waals surface area contributed by atoms with Gasteiger partial charge < -0.3 is 0 Å². The fourth-order valence-electron chi connectivity index (χ4n) is 1.28. The third kappa shape index (κ3) is 2.15. The van der Waals surface area contributed by atoms with Gasteiger partial charge >= 0.3 is 0 Å². The van der Waals surface area contributed by atoms with Gasteiger partial charge in [0.1, 0.15) is 5.82 Å². The first-order valence-corrected chi connectivity index (χ1v) is 4.44. The van der Waals surface area contributed by atoms with E-state index >= 15 is 0 Å². The van der Waals surface area contributed by atoms with Crippen molar-refractivity contribution in [2.24, 2.45) is 0 Å². The van der Waals surface area contributed by atoms with Gasteiger partial charge in [0.05, 0.1) is 11.6 Å². The predicted molar refractivity (Wildman–Crippen MR) is 43.9 cm³/mol. The molecule has 0 fully saturated rings.